The van der Waals surface area contributed by atoms with Crippen LogP contribution >= 0.6 is 0 Å². The quantitative estimate of drug-likeness (QED) is 0.805. The first-order chi connectivity index (χ1) is 11.0. The number of carbonyl (C=O) groups is 1. The van der Waals surface area contributed by atoms with Gasteiger partial charge >= 0.3 is 0 Å². The van der Waals surface area contributed by atoms with Gasteiger partial charge in [-0.15, -0.1) is 0 Å². The molecule has 2 aromatic heterocycles. The highest BCUT2D eigenvalue weighted by Crippen LogP contribution is 2.14. The molecule has 1 N–H and O–H groups in total. The zero-order chi connectivity index (χ0) is 16.4. The van der Waals surface area contributed by atoms with Crippen LogP contribution < -0.4 is 5.32 Å². The number of carbonyl (C=O) groups excluding carboxylic acids is 1. The van der Waals surface area contributed by atoms with Gasteiger partial charge in [-0.25, -0.2) is 0 Å². The summed E-state index contributed by atoms with van der Waals surface area (Å²) in [5.74, 6) is -0.165. The second-order valence-electron chi connectivity index (χ2n) is 5.64. The van der Waals surface area contributed by atoms with Crippen molar-refractivity contribution in [3.05, 3.63) is 65.2 Å². The van der Waals surface area contributed by atoms with E-state index in [-0.39, 0.29) is 5.91 Å². The molecule has 0 radical (unpaired) electrons. The summed E-state index contributed by atoms with van der Waals surface area (Å²) in [5, 5.41) is 11.4. The fourth-order valence-electron chi connectivity index (χ4n) is 2.50. The highest BCUT2D eigenvalue weighted by atomic mass is 16.1. The lowest BCUT2D eigenvalue weighted by Gasteiger charge is -2.08. The summed E-state index contributed by atoms with van der Waals surface area (Å²) in [6.07, 6.45) is 3.24. The summed E-state index contributed by atoms with van der Waals surface area (Å²) >= 11 is 0. The molecule has 0 saturated carbocycles. The van der Waals surface area contributed by atoms with Gasteiger partial charge < -0.3 is 5.32 Å². The molecule has 0 bridgehead atoms. The van der Waals surface area contributed by atoms with E-state index >= 15 is 0 Å². The molecule has 1 amide bonds. The number of hydrogen-bond donors (Lipinski definition) is 1. The zero-order valence-electron chi connectivity index (χ0n) is 13.4. The number of rotatable bonds is 4. The molecular formula is C17H19N5O. The van der Waals surface area contributed by atoms with Gasteiger partial charge in [-0.2, -0.15) is 10.2 Å². The van der Waals surface area contributed by atoms with Crippen molar-refractivity contribution in [3.8, 4) is 0 Å². The van der Waals surface area contributed by atoms with E-state index in [0.717, 1.165) is 22.6 Å². The number of anilines is 1. The molecule has 0 aliphatic rings. The number of aromatic nitrogens is 4. The van der Waals surface area contributed by atoms with E-state index in [2.05, 4.69) is 15.5 Å². The molecular weight excluding hydrogens is 290 g/mol. The third kappa shape index (κ3) is 3.48. The molecule has 118 valence electrons. The highest BCUT2D eigenvalue weighted by molar-refractivity contribution is 6.03. The summed E-state index contributed by atoms with van der Waals surface area (Å²) in [7, 11) is 1.78. The number of aryl methyl sites for hydroxylation is 3. The standard InChI is InChI=1S/C17H19N5O/c1-12-7-13(2)22(20-12)10-14-5-4-6-16(8-14)19-17(23)15-9-18-21(3)11-15/h4-9,11H,10H2,1-3H3,(H,19,23). The minimum Gasteiger partial charge on any atom is -0.322 e. The van der Waals surface area contributed by atoms with Crippen LogP contribution in [0.25, 0.3) is 0 Å². The lowest BCUT2D eigenvalue weighted by Crippen LogP contribution is -2.11. The minimum absolute atomic E-state index is 0.165. The maximum atomic E-state index is 12.2. The Morgan fingerprint density at radius 2 is 2.09 bits per heavy atom. The molecule has 0 spiro atoms. The van der Waals surface area contributed by atoms with Gasteiger partial charge in [-0.1, -0.05) is 12.1 Å². The van der Waals surface area contributed by atoms with Crippen molar-refractivity contribution in [2.75, 3.05) is 5.32 Å². The predicted molar refractivity (Wildman–Crippen MR) is 88.4 cm³/mol. The molecule has 0 aliphatic heterocycles. The van der Waals surface area contributed by atoms with E-state index in [1.54, 1.807) is 24.1 Å². The summed E-state index contributed by atoms with van der Waals surface area (Å²) < 4.78 is 3.56. The Morgan fingerprint density at radius 3 is 2.74 bits per heavy atom. The van der Waals surface area contributed by atoms with Gasteiger partial charge in [0.25, 0.3) is 5.91 Å². The first kappa shape index (κ1) is 15.0. The summed E-state index contributed by atoms with van der Waals surface area (Å²) in [4.78, 5) is 12.2. The maximum Gasteiger partial charge on any atom is 0.258 e. The zero-order valence-corrected chi connectivity index (χ0v) is 13.4. The Morgan fingerprint density at radius 1 is 1.26 bits per heavy atom. The van der Waals surface area contributed by atoms with Gasteiger partial charge in [0.2, 0.25) is 0 Å². The molecule has 0 unspecified atom stereocenters. The van der Waals surface area contributed by atoms with Crippen molar-refractivity contribution in [2.24, 2.45) is 7.05 Å². The first-order valence-corrected chi connectivity index (χ1v) is 7.41. The average Bonchev–Trinajstić information content (AvgIpc) is 3.05. The van der Waals surface area contributed by atoms with Crippen LogP contribution in [0.4, 0.5) is 5.69 Å². The molecule has 3 rings (SSSR count). The van der Waals surface area contributed by atoms with Crippen LogP contribution in [-0.2, 0) is 13.6 Å². The van der Waals surface area contributed by atoms with Gasteiger partial charge in [0, 0.05) is 24.6 Å². The maximum absolute atomic E-state index is 12.2. The Labute approximate surface area is 134 Å². The van der Waals surface area contributed by atoms with Crippen LogP contribution in [-0.4, -0.2) is 25.5 Å². The lowest BCUT2D eigenvalue weighted by molar-refractivity contribution is 0.102. The molecule has 6 nitrogen and oxygen atoms in total. The van der Waals surface area contributed by atoms with Crippen molar-refractivity contribution >= 4 is 11.6 Å². The number of nitrogens with zero attached hydrogens (tertiary/aromatic N) is 4. The summed E-state index contributed by atoms with van der Waals surface area (Å²) in [6, 6.07) is 9.84. The molecule has 0 fully saturated rings. The average molecular weight is 309 g/mol. The SMILES string of the molecule is Cc1cc(C)n(Cc2cccc(NC(=O)c3cnn(C)c3)c2)n1. The number of benzene rings is 1. The Bertz CT molecular complexity index is 846. The van der Waals surface area contributed by atoms with Crippen LogP contribution in [0, 0.1) is 13.8 Å². The lowest BCUT2D eigenvalue weighted by atomic mass is 10.2. The third-order valence-corrected chi connectivity index (χ3v) is 3.59. The highest BCUT2D eigenvalue weighted by Gasteiger charge is 2.09. The molecule has 0 aliphatic carbocycles. The fraction of sp³-hybridized carbons (Fsp3) is 0.235. The third-order valence-electron chi connectivity index (χ3n) is 3.59. The van der Waals surface area contributed by atoms with Crippen molar-refractivity contribution in [2.45, 2.75) is 20.4 Å². The van der Waals surface area contributed by atoms with Gasteiger partial charge in [0.1, 0.15) is 0 Å². The molecule has 0 saturated heterocycles. The van der Waals surface area contributed by atoms with Crippen LogP contribution in [0.15, 0.2) is 42.7 Å². The summed E-state index contributed by atoms with van der Waals surface area (Å²) in [5.41, 5.74) is 4.50. The van der Waals surface area contributed by atoms with Crippen molar-refractivity contribution in [3.63, 3.8) is 0 Å². The van der Waals surface area contributed by atoms with E-state index in [4.69, 9.17) is 0 Å². The van der Waals surface area contributed by atoms with Crippen LogP contribution in [0.2, 0.25) is 0 Å². The minimum atomic E-state index is -0.165. The normalized spacial score (nSPS) is 10.7. The molecule has 23 heavy (non-hydrogen) atoms. The smallest absolute Gasteiger partial charge is 0.258 e. The van der Waals surface area contributed by atoms with Gasteiger partial charge in [0.15, 0.2) is 0 Å². The molecule has 3 aromatic rings. The number of amides is 1. The molecule has 6 heteroatoms. The topological polar surface area (TPSA) is 64.7 Å². The van der Waals surface area contributed by atoms with E-state index in [9.17, 15) is 4.79 Å². The van der Waals surface area contributed by atoms with Crippen LogP contribution in [0.3, 0.4) is 0 Å². The summed E-state index contributed by atoms with van der Waals surface area (Å²) in [6.45, 7) is 4.69. The van der Waals surface area contributed by atoms with Crippen molar-refractivity contribution < 1.29 is 4.79 Å². The monoisotopic (exact) mass is 309 g/mol. The Hall–Kier alpha value is -2.89. The van der Waals surface area contributed by atoms with Gasteiger partial charge in [-0.3, -0.25) is 14.2 Å². The van der Waals surface area contributed by atoms with Crippen molar-refractivity contribution in [1.29, 1.82) is 0 Å². The number of nitrogens with one attached hydrogen (secondary N) is 1. The molecule has 1 aromatic carbocycles. The molecule has 2 heterocycles. The van der Waals surface area contributed by atoms with E-state index in [1.165, 1.54) is 0 Å². The Balaban J connectivity index is 1.74. The molecule has 0 atom stereocenters. The van der Waals surface area contributed by atoms with Crippen molar-refractivity contribution in [1.82, 2.24) is 19.6 Å². The Kier molecular flexibility index (Phi) is 3.97. The fourth-order valence-corrected chi connectivity index (χ4v) is 2.50. The van der Waals surface area contributed by atoms with Crippen LogP contribution in [0.5, 0.6) is 0 Å². The number of hydrogen-bond acceptors (Lipinski definition) is 3. The van der Waals surface area contributed by atoms with E-state index in [0.29, 0.717) is 12.1 Å². The van der Waals surface area contributed by atoms with Crippen LogP contribution in [0.1, 0.15) is 27.3 Å². The van der Waals surface area contributed by atoms with Gasteiger partial charge in [-0.05, 0) is 37.6 Å². The van der Waals surface area contributed by atoms with Gasteiger partial charge in [0.05, 0.1) is 24.0 Å². The second-order valence-corrected chi connectivity index (χ2v) is 5.64. The largest absolute Gasteiger partial charge is 0.322 e. The predicted octanol–water partition coefficient (Wildman–Crippen LogP) is 2.53. The second kappa shape index (κ2) is 6.08. The van der Waals surface area contributed by atoms with E-state index in [1.807, 2.05) is 48.9 Å². The van der Waals surface area contributed by atoms with E-state index < -0.39 is 0 Å². The first-order valence-electron chi connectivity index (χ1n) is 7.41.